The van der Waals surface area contributed by atoms with E-state index in [2.05, 4.69) is 74.8 Å². The third kappa shape index (κ3) is 5.06. The third-order valence-corrected chi connectivity index (χ3v) is 6.08. The highest BCUT2D eigenvalue weighted by molar-refractivity contribution is 5.40. The molecule has 3 rings (SSSR count). The van der Waals surface area contributed by atoms with Gasteiger partial charge in [-0.15, -0.1) is 0 Å². The summed E-state index contributed by atoms with van der Waals surface area (Å²) in [5, 5.41) is 3.47. The molecule has 0 bridgehead atoms. The number of hydrogen-bond acceptors (Lipinski definition) is 5. The van der Waals surface area contributed by atoms with Gasteiger partial charge in [0, 0.05) is 51.5 Å². The van der Waals surface area contributed by atoms with Crippen LogP contribution in [0.4, 0.5) is 5.82 Å². The lowest BCUT2D eigenvalue weighted by Crippen LogP contribution is -2.46. The van der Waals surface area contributed by atoms with Crippen molar-refractivity contribution in [3.05, 3.63) is 53.3 Å². The van der Waals surface area contributed by atoms with E-state index < -0.39 is 0 Å². The molecule has 1 aliphatic rings. The van der Waals surface area contributed by atoms with Crippen LogP contribution in [-0.4, -0.2) is 61.8 Å². The molecule has 158 valence electrons. The second-order valence-electron chi connectivity index (χ2n) is 8.10. The van der Waals surface area contributed by atoms with Crippen LogP contribution >= 0.6 is 0 Å². The lowest BCUT2D eigenvalue weighted by atomic mass is 10.0. The Hall–Kier alpha value is -2.18. The number of nitrogens with zero attached hydrogens (tertiary/aromatic N) is 5. The van der Waals surface area contributed by atoms with E-state index in [1.165, 1.54) is 11.4 Å². The van der Waals surface area contributed by atoms with Gasteiger partial charge in [0.1, 0.15) is 11.3 Å². The molecule has 2 unspecified atom stereocenters. The molecule has 29 heavy (non-hydrogen) atoms. The van der Waals surface area contributed by atoms with E-state index in [1.54, 1.807) is 0 Å². The monoisotopic (exact) mass is 396 g/mol. The molecule has 1 fully saturated rings. The van der Waals surface area contributed by atoms with Gasteiger partial charge < -0.3 is 19.7 Å². The fourth-order valence-corrected chi connectivity index (χ4v) is 4.24. The van der Waals surface area contributed by atoms with Gasteiger partial charge in [-0.05, 0) is 64.5 Å². The van der Waals surface area contributed by atoms with Crippen molar-refractivity contribution in [2.45, 2.75) is 38.8 Å². The van der Waals surface area contributed by atoms with Gasteiger partial charge in [-0.1, -0.05) is 12.1 Å². The van der Waals surface area contributed by atoms with Crippen LogP contribution in [0.2, 0.25) is 0 Å². The quantitative estimate of drug-likeness (QED) is 0.782. The zero-order chi connectivity index (χ0) is 20.8. The minimum absolute atomic E-state index is 0.261. The van der Waals surface area contributed by atoms with Crippen LogP contribution in [0.15, 0.2) is 41.5 Å². The molecule has 0 aromatic carbocycles. The highest BCUT2D eigenvalue weighted by atomic mass is 15.3. The van der Waals surface area contributed by atoms with Gasteiger partial charge in [0.05, 0.1) is 5.69 Å². The number of rotatable bonds is 7. The Bertz CT molecular complexity index is 850. The molecule has 0 aliphatic carbocycles. The number of hydrogen-bond donors (Lipinski definition) is 1. The Labute approximate surface area is 175 Å². The number of likely N-dealkylation sites (N-methyl/N-ethyl adjacent to an activating group) is 1. The van der Waals surface area contributed by atoms with Gasteiger partial charge in [0.2, 0.25) is 0 Å². The summed E-state index contributed by atoms with van der Waals surface area (Å²) in [5.74, 6) is 1.28. The van der Waals surface area contributed by atoms with Crippen molar-refractivity contribution >= 4 is 5.82 Å². The fraction of sp³-hybridized carbons (Fsp3) is 0.565. The van der Waals surface area contributed by atoms with Crippen LogP contribution in [0.5, 0.6) is 0 Å². The molecule has 1 N–H and O–H groups in total. The summed E-state index contributed by atoms with van der Waals surface area (Å²) in [5.41, 5.74) is 3.44. The second-order valence-corrected chi connectivity index (χ2v) is 8.10. The average Bonchev–Trinajstić information content (AvgIpc) is 2.75. The molecular weight excluding hydrogens is 360 g/mol. The predicted octanol–water partition coefficient (Wildman–Crippen LogP) is 2.78. The predicted molar refractivity (Wildman–Crippen MR) is 120 cm³/mol. The molecule has 0 amide bonds. The van der Waals surface area contributed by atoms with E-state index >= 15 is 0 Å². The largest absolute Gasteiger partial charge is 0.355 e. The van der Waals surface area contributed by atoms with E-state index in [9.17, 15) is 0 Å². The standard InChI is InChI=1S/C23H36N6/c1-18-8-7-13-26-23(18)20(24-3)12-11-19(2)29-21(25-4)9-6-10-22(29)28-16-14-27(5)15-17-28/h6-10,13,19-20,24H,11-12,14-17H2,1-5H3/b25-21-. The SMILES string of the molecule is C/N=c1/cccc(N2CCN(C)CC2)n1C(C)CCC(NC)c1ncccc1C. The summed E-state index contributed by atoms with van der Waals surface area (Å²) in [7, 11) is 6.12. The van der Waals surface area contributed by atoms with Crippen molar-refractivity contribution in [3.63, 3.8) is 0 Å². The average molecular weight is 397 g/mol. The van der Waals surface area contributed by atoms with Gasteiger partial charge in [-0.2, -0.15) is 0 Å². The zero-order valence-corrected chi connectivity index (χ0v) is 18.6. The first-order valence-corrected chi connectivity index (χ1v) is 10.7. The summed E-state index contributed by atoms with van der Waals surface area (Å²) in [6.45, 7) is 8.77. The molecule has 0 saturated carbocycles. The lowest BCUT2D eigenvalue weighted by molar-refractivity contribution is 0.308. The zero-order valence-electron chi connectivity index (χ0n) is 18.6. The van der Waals surface area contributed by atoms with Gasteiger partial charge >= 0.3 is 0 Å². The maximum Gasteiger partial charge on any atom is 0.129 e. The summed E-state index contributed by atoms with van der Waals surface area (Å²) < 4.78 is 2.42. The van der Waals surface area contributed by atoms with Crippen LogP contribution in [0.3, 0.4) is 0 Å². The highest BCUT2D eigenvalue weighted by Crippen LogP contribution is 2.26. The minimum Gasteiger partial charge on any atom is -0.355 e. The Kier molecular flexibility index (Phi) is 7.45. The molecule has 2 atom stereocenters. The van der Waals surface area contributed by atoms with Crippen molar-refractivity contribution < 1.29 is 0 Å². The Morgan fingerprint density at radius 2 is 1.86 bits per heavy atom. The van der Waals surface area contributed by atoms with Crippen LogP contribution in [-0.2, 0) is 0 Å². The second kappa shape index (κ2) is 10.0. The molecule has 2 aromatic heterocycles. The maximum atomic E-state index is 4.63. The number of aromatic nitrogens is 2. The smallest absolute Gasteiger partial charge is 0.129 e. The van der Waals surface area contributed by atoms with Gasteiger partial charge in [0.15, 0.2) is 0 Å². The molecule has 1 saturated heterocycles. The number of aryl methyl sites for hydroxylation is 1. The molecular formula is C23H36N6. The van der Waals surface area contributed by atoms with Crippen molar-refractivity contribution in [1.82, 2.24) is 19.8 Å². The molecule has 6 nitrogen and oxygen atoms in total. The molecule has 0 spiro atoms. The first-order valence-electron chi connectivity index (χ1n) is 10.7. The minimum atomic E-state index is 0.261. The number of anilines is 1. The summed E-state index contributed by atoms with van der Waals surface area (Å²) in [4.78, 5) is 14.1. The first kappa shape index (κ1) is 21.5. The van der Waals surface area contributed by atoms with Crippen LogP contribution in [0, 0.1) is 6.92 Å². The summed E-state index contributed by atoms with van der Waals surface area (Å²) in [6.07, 6.45) is 3.98. The van der Waals surface area contributed by atoms with E-state index in [4.69, 9.17) is 0 Å². The van der Waals surface area contributed by atoms with E-state index in [1.807, 2.05) is 26.4 Å². The van der Waals surface area contributed by atoms with E-state index in [0.29, 0.717) is 6.04 Å². The number of piperazine rings is 1. The summed E-state index contributed by atoms with van der Waals surface area (Å²) in [6, 6.07) is 11.3. The normalized spacial score (nSPS) is 18.1. The molecule has 3 heterocycles. The van der Waals surface area contributed by atoms with Crippen molar-refractivity contribution in [2.75, 3.05) is 52.2 Å². The van der Waals surface area contributed by atoms with Crippen molar-refractivity contribution in [3.8, 4) is 0 Å². The maximum absolute atomic E-state index is 4.63. The van der Waals surface area contributed by atoms with Crippen LogP contribution < -0.4 is 15.7 Å². The Morgan fingerprint density at radius 3 is 2.52 bits per heavy atom. The first-order chi connectivity index (χ1) is 14.0. The Balaban J connectivity index is 1.81. The van der Waals surface area contributed by atoms with Crippen LogP contribution in [0.25, 0.3) is 0 Å². The Morgan fingerprint density at radius 1 is 1.10 bits per heavy atom. The van der Waals surface area contributed by atoms with Gasteiger partial charge in [-0.25, -0.2) is 0 Å². The van der Waals surface area contributed by atoms with Crippen LogP contribution in [0.1, 0.15) is 43.1 Å². The fourth-order valence-electron chi connectivity index (χ4n) is 4.24. The van der Waals surface area contributed by atoms with Gasteiger partial charge in [-0.3, -0.25) is 9.98 Å². The lowest BCUT2D eigenvalue weighted by Gasteiger charge is -2.36. The number of nitrogens with one attached hydrogen (secondary N) is 1. The molecule has 1 aliphatic heterocycles. The topological polar surface area (TPSA) is 48.7 Å². The van der Waals surface area contributed by atoms with Gasteiger partial charge in [0.25, 0.3) is 0 Å². The van der Waals surface area contributed by atoms with E-state index in [-0.39, 0.29) is 6.04 Å². The third-order valence-electron chi connectivity index (χ3n) is 6.08. The number of pyridine rings is 2. The van der Waals surface area contributed by atoms with E-state index in [0.717, 1.165) is 50.2 Å². The van der Waals surface area contributed by atoms with Crippen molar-refractivity contribution in [1.29, 1.82) is 0 Å². The molecule has 2 aromatic rings. The van der Waals surface area contributed by atoms with Crippen molar-refractivity contribution in [2.24, 2.45) is 4.99 Å². The highest BCUT2D eigenvalue weighted by Gasteiger charge is 2.21. The molecule has 6 heteroatoms. The summed E-state index contributed by atoms with van der Waals surface area (Å²) >= 11 is 0. The molecule has 0 radical (unpaired) electrons.